The van der Waals surface area contributed by atoms with Crippen LogP contribution in [0.2, 0.25) is 0 Å². The van der Waals surface area contributed by atoms with Gasteiger partial charge in [-0.05, 0) is 19.1 Å². The highest BCUT2D eigenvalue weighted by atomic mass is 19.1. The molecule has 1 rings (SSSR count). The van der Waals surface area contributed by atoms with E-state index in [1.165, 1.54) is 18.2 Å². The molecule has 0 aliphatic carbocycles. The summed E-state index contributed by atoms with van der Waals surface area (Å²) in [5, 5.41) is 0. The van der Waals surface area contributed by atoms with E-state index in [1.54, 1.807) is 25.1 Å². The number of hydrogen-bond acceptors (Lipinski definition) is 2. The number of esters is 1. The predicted octanol–water partition coefficient (Wildman–Crippen LogP) is 2.40. The Balaban J connectivity index is 2.69. The molecule has 74 valence electrons. The van der Waals surface area contributed by atoms with Crippen molar-refractivity contribution in [2.75, 3.05) is 6.61 Å². The SMILES string of the molecule is CCOC(=O)C=Cc1ccccc1F. The summed E-state index contributed by atoms with van der Waals surface area (Å²) in [5.41, 5.74) is 0.376. The number of hydrogen-bond donors (Lipinski definition) is 0. The lowest BCUT2D eigenvalue weighted by atomic mass is 10.2. The van der Waals surface area contributed by atoms with E-state index < -0.39 is 5.97 Å². The first-order valence-electron chi connectivity index (χ1n) is 4.33. The molecule has 0 saturated heterocycles. The molecule has 0 radical (unpaired) electrons. The lowest BCUT2D eigenvalue weighted by Gasteiger charge is -1.96. The lowest BCUT2D eigenvalue weighted by Crippen LogP contribution is -1.98. The van der Waals surface area contributed by atoms with Crippen molar-refractivity contribution in [3.8, 4) is 0 Å². The summed E-state index contributed by atoms with van der Waals surface area (Å²) < 4.78 is 17.7. The standard InChI is InChI=1S/C11H11FO2/c1-2-14-11(13)8-7-9-5-3-4-6-10(9)12/h3-8H,2H2,1H3. The molecule has 0 N–H and O–H groups in total. The Labute approximate surface area is 82.0 Å². The summed E-state index contributed by atoms with van der Waals surface area (Å²) in [5.74, 6) is -0.816. The van der Waals surface area contributed by atoms with E-state index in [0.29, 0.717) is 12.2 Å². The summed E-state index contributed by atoms with van der Waals surface area (Å²) in [7, 11) is 0. The zero-order valence-electron chi connectivity index (χ0n) is 7.87. The van der Waals surface area contributed by atoms with E-state index in [4.69, 9.17) is 0 Å². The molecule has 3 heteroatoms. The van der Waals surface area contributed by atoms with Gasteiger partial charge in [0.25, 0.3) is 0 Å². The molecular formula is C11H11FO2. The molecule has 14 heavy (non-hydrogen) atoms. The van der Waals surface area contributed by atoms with Crippen LogP contribution in [0.25, 0.3) is 6.08 Å². The first kappa shape index (κ1) is 10.4. The first-order valence-corrected chi connectivity index (χ1v) is 4.33. The molecule has 0 spiro atoms. The number of carbonyl (C=O) groups excluding carboxylic acids is 1. The van der Waals surface area contributed by atoms with Crippen LogP contribution in [0.5, 0.6) is 0 Å². The van der Waals surface area contributed by atoms with Crippen LogP contribution < -0.4 is 0 Å². The Hall–Kier alpha value is -1.64. The molecule has 0 aromatic heterocycles. The Morgan fingerprint density at radius 3 is 2.86 bits per heavy atom. The summed E-state index contributed by atoms with van der Waals surface area (Å²) in [6.07, 6.45) is 2.61. The van der Waals surface area contributed by atoms with Gasteiger partial charge in [-0.3, -0.25) is 0 Å². The molecule has 0 heterocycles. The molecule has 2 nitrogen and oxygen atoms in total. The Morgan fingerprint density at radius 1 is 1.50 bits per heavy atom. The van der Waals surface area contributed by atoms with Crippen LogP contribution in [-0.4, -0.2) is 12.6 Å². The number of rotatable bonds is 3. The van der Waals surface area contributed by atoms with Gasteiger partial charge in [0.2, 0.25) is 0 Å². The highest BCUT2D eigenvalue weighted by molar-refractivity contribution is 5.87. The van der Waals surface area contributed by atoms with Crippen LogP contribution in [0, 0.1) is 5.82 Å². The largest absolute Gasteiger partial charge is 0.463 e. The van der Waals surface area contributed by atoms with Gasteiger partial charge in [0.15, 0.2) is 0 Å². The van der Waals surface area contributed by atoms with Gasteiger partial charge in [0, 0.05) is 11.6 Å². The highest BCUT2D eigenvalue weighted by Gasteiger charge is 1.97. The van der Waals surface area contributed by atoms with Gasteiger partial charge in [0.05, 0.1) is 6.61 Å². The van der Waals surface area contributed by atoms with Gasteiger partial charge in [-0.25, -0.2) is 9.18 Å². The third kappa shape index (κ3) is 3.01. The summed E-state index contributed by atoms with van der Waals surface area (Å²) in [4.78, 5) is 10.9. The second-order valence-corrected chi connectivity index (χ2v) is 2.61. The summed E-state index contributed by atoms with van der Waals surface area (Å²) in [6.45, 7) is 2.04. The van der Waals surface area contributed by atoms with Crippen molar-refractivity contribution in [3.05, 3.63) is 41.7 Å². The topological polar surface area (TPSA) is 26.3 Å². The zero-order valence-corrected chi connectivity index (χ0v) is 7.87. The van der Waals surface area contributed by atoms with E-state index in [-0.39, 0.29) is 5.82 Å². The average molecular weight is 194 g/mol. The molecule has 0 saturated carbocycles. The van der Waals surface area contributed by atoms with Gasteiger partial charge < -0.3 is 4.74 Å². The zero-order chi connectivity index (χ0) is 10.4. The molecular weight excluding hydrogens is 183 g/mol. The second-order valence-electron chi connectivity index (χ2n) is 2.61. The highest BCUT2D eigenvalue weighted by Crippen LogP contribution is 2.07. The minimum Gasteiger partial charge on any atom is -0.463 e. The van der Waals surface area contributed by atoms with Crippen LogP contribution in [-0.2, 0) is 9.53 Å². The molecule has 0 amide bonds. The average Bonchev–Trinajstić information content (AvgIpc) is 2.17. The van der Waals surface area contributed by atoms with Crippen LogP contribution >= 0.6 is 0 Å². The monoisotopic (exact) mass is 194 g/mol. The number of carbonyl (C=O) groups is 1. The van der Waals surface area contributed by atoms with E-state index in [9.17, 15) is 9.18 Å². The Kier molecular flexibility index (Phi) is 3.85. The number of ether oxygens (including phenoxy) is 1. The van der Waals surface area contributed by atoms with Crippen molar-refractivity contribution in [3.63, 3.8) is 0 Å². The molecule has 0 unspecified atom stereocenters. The van der Waals surface area contributed by atoms with E-state index in [1.807, 2.05) is 0 Å². The minimum atomic E-state index is -0.462. The maximum atomic E-state index is 13.0. The van der Waals surface area contributed by atoms with Gasteiger partial charge >= 0.3 is 5.97 Å². The predicted molar refractivity (Wildman–Crippen MR) is 52.1 cm³/mol. The van der Waals surface area contributed by atoms with Crippen molar-refractivity contribution in [2.24, 2.45) is 0 Å². The van der Waals surface area contributed by atoms with E-state index in [2.05, 4.69) is 4.74 Å². The van der Waals surface area contributed by atoms with Crippen LogP contribution in [0.15, 0.2) is 30.3 Å². The van der Waals surface area contributed by atoms with Gasteiger partial charge in [0.1, 0.15) is 5.82 Å². The summed E-state index contributed by atoms with van der Waals surface area (Å²) >= 11 is 0. The number of halogens is 1. The van der Waals surface area contributed by atoms with Gasteiger partial charge in [-0.1, -0.05) is 18.2 Å². The Bertz CT molecular complexity index is 345. The molecule has 0 aliphatic rings. The third-order valence-corrected chi connectivity index (χ3v) is 1.59. The molecule has 0 fully saturated rings. The summed E-state index contributed by atoms with van der Waals surface area (Å²) in [6, 6.07) is 6.22. The molecule has 0 aliphatic heterocycles. The fourth-order valence-electron chi connectivity index (χ4n) is 0.958. The van der Waals surface area contributed by atoms with Crippen molar-refractivity contribution < 1.29 is 13.9 Å². The van der Waals surface area contributed by atoms with Crippen molar-refractivity contribution in [1.29, 1.82) is 0 Å². The second kappa shape index (κ2) is 5.17. The van der Waals surface area contributed by atoms with Crippen molar-refractivity contribution in [1.82, 2.24) is 0 Å². The minimum absolute atomic E-state index is 0.320. The lowest BCUT2D eigenvalue weighted by molar-refractivity contribution is -0.137. The van der Waals surface area contributed by atoms with Gasteiger partial charge in [-0.2, -0.15) is 0 Å². The maximum absolute atomic E-state index is 13.0. The molecule has 0 atom stereocenters. The van der Waals surface area contributed by atoms with Crippen LogP contribution in [0.3, 0.4) is 0 Å². The third-order valence-electron chi connectivity index (χ3n) is 1.59. The van der Waals surface area contributed by atoms with E-state index >= 15 is 0 Å². The quantitative estimate of drug-likeness (QED) is 0.545. The van der Waals surface area contributed by atoms with E-state index in [0.717, 1.165) is 0 Å². The van der Waals surface area contributed by atoms with Gasteiger partial charge in [-0.15, -0.1) is 0 Å². The fraction of sp³-hybridized carbons (Fsp3) is 0.182. The molecule has 1 aromatic rings. The first-order chi connectivity index (χ1) is 6.74. The normalized spacial score (nSPS) is 10.4. The van der Waals surface area contributed by atoms with Crippen LogP contribution in [0.4, 0.5) is 4.39 Å². The molecule has 1 aromatic carbocycles. The smallest absolute Gasteiger partial charge is 0.330 e. The van der Waals surface area contributed by atoms with Crippen molar-refractivity contribution in [2.45, 2.75) is 6.92 Å². The number of benzene rings is 1. The maximum Gasteiger partial charge on any atom is 0.330 e. The molecule has 0 bridgehead atoms. The van der Waals surface area contributed by atoms with Crippen molar-refractivity contribution >= 4 is 12.0 Å². The van der Waals surface area contributed by atoms with Crippen LogP contribution in [0.1, 0.15) is 12.5 Å². The fourth-order valence-corrected chi connectivity index (χ4v) is 0.958. The Morgan fingerprint density at radius 2 is 2.21 bits per heavy atom.